The van der Waals surface area contributed by atoms with Gasteiger partial charge >= 0.3 is 0 Å². The number of amidine groups is 1. The maximum absolute atomic E-state index is 5.26. The molecule has 2 aliphatic carbocycles. The zero-order chi connectivity index (χ0) is 43.7. The summed E-state index contributed by atoms with van der Waals surface area (Å²) in [4.78, 5) is 25.2. The van der Waals surface area contributed by atoms with Crippen LogP contribution in [0.1, 0.15) is 70.2 Å². The van der Waals surface area contributed by atoms with Gasteiger partial charge in [-0.25, -0.2) is 15.0 Å². The quantitative estimate of drug-likeness (QED) is 0.162. The summed E-state index contributed by atoms with van der Waals surface area (Å²) in [6.45, 7) is 14.8. The minimum atomic E-state index is -0.246. The van der Waals surface area contributed by atoms with Crippen molar-refractivity contribution in [3.63, 3.8) is 0 Å². The van der Waals surface area contributed by atoms with E-state index >= 15 is 0 Å². The second-order valence-corrected chi connectivity index (χ2v) is 19.5. The Balaban J connectivity index is 1.18. The Labute approximate surface area is 375 Å². The molecule has 5 aromatic carbocycles. The zero-order valence-corrected chi connectivity index (χ0v) is 37.5. The molecule has 3 aromatic heterocycles. The van der Waals surface area contributed by atoms with Gasteiger partial charge in [-0.15, -0.1) is 0 Å². The van der Waals surface area contributed by atoms with Crippen molar-refractivity contribution in [3.8, 4) is 0 Å². The highest BCUT2D eigenvalue weighted by Crippen LogP contribution is 2.48. The molecule has 0 saturated carbocycles. The summed E-state index contributed by atoms with van der Waals surface area (Å²) >= 11 is 0. The number of nitrogens with zero attached hydrogens (tertiary/aromatic N) is 6. The van der Waals surface area contributed by atoms with Crippen LogP contribution in [0.15, 0.2) is 169 Å². The lowest BCUT2D eigenvalue weighted by atomic mass is 9.74. The molecule has 64 heavy (non-hydrogen) atoms. The number of benzene rings is 5. The highest BCUT2D eigenvalue weighted by atomic mass is 15.2. The van der Waals surface area contributed by atoms with Crippen molar-refractivity contribution in [1.82, 2.24) is 15.0 Å². The van der Waals surface area contributed by atoms with Gasteiger partial charge in [-0.2, -0.15) is 0 Å². The van der Waals surface area contributed by atoms with Gasteiger partial charge in [-0.05, 0) is 132 Å². The Hall–Kier alpha value is -7.18. The lowest BCUT2D eigenvalue weighted by molar-refractivity contribution is 0.593. The molecule has 0 amide bonds. The van der Waals surface area contributed by atoms with Gasteiger partial charge in [-0.3, -0.25) is 14.8 Å². The number of dihydropyridines is 1. The van der Waals surface area contributed by atoms with Crippen LogP contribution in [0.4, 0.5) is 28.8 Å². The van der Waals surface area contributed by atoms with Gasteiger partial charge in [0.1, 0.15) is 23.3 Å². The molecule has 1 atom stereocenters. The average Bonchev–Trinajstić information content (AvgIpc) is 3.30. The van der Waals surface area contributed by atoms with Crippen molar-refractivity contribution in [3.05, 3.63) is 186 Å². The molecule has 3 aliphatic rings. The molecule has 0 bridgehead atoms. The topological polar surface area (TPSA) is 57.5 Å². The summed E-state index contributed by atoms with van der Waals surface area (Å²) in [5.74, 6) is 3.69. The fraction of sp³-hybridized carbons (Fsp3) is 0.207. The van der Waals surface area contributed by atoms with E-state index in [1.54, 1.807) is 0 Å². The average molecular weight is 833 g/mol. The monoisotopic (exact) mass is 832 g/mol. The molecular formula is C58H52N6. The molecule has 6 heteroatoms. The third-order valence-electron chi connectivity index (χ3n) is 13.1. The number of fused-ring (bicyclic) bond motifs is 6. The third-order valence-corrected chi connectivity index (χ3v) is 13.1. The first-order valence-corrected chi connectivity index (χ1v) is 22.6. The van der Waals surface area contributed by atoms with Crippen LogP contribution in [0.2, 0.25) is 0 Å². The van der Waals surface area contributed by atoms with Crippen molar-refractivity contribution in [2.75, 3.05) is 16.3 Å². The molecule has 314 valence electrons. The van der Waals surface area contributed by atoms with E-state index in [-0.39, 0.29) is 16.7 Å². The van der Waals surface area contributed by atoms with Gasteiger partial charge in [0.05, 0.1) is 6.54 Å². The maximum Gasteiger partial charge on any atom is 0.146 e. The van der Waals surface area contributed by atoms with Crippen LogP contribution in [0, 0.1) is 5.92 Å². The van der Waals surface area contributed by atoms with Crippen molar-refractivity contribution in [1.29, 1.82) is 0 Å². The first-order valence-electron chi connectivity index (χ1n) is 22.6. The minimum Gasteiger partial charge on any atom is -0.279 e. The Bertz CT molecular complexity index is 3350. The van der Waals surface area contributed by atoms with Gasteiger partial charge in [0.15, 0.2) is 0 Å². The number of hydrogen-bond donors (Lipinski definition) is 0. The zero-order valence-electron chi connectivity index (χ0n) is 37.5. The van der Waals surface area contributed by atoms with E-state index in [0.29, 0.717) is 6.54 Å². The third kappa shape index (κ3) is 6.89. The SMILES string of the molecule is CC(C)(C)c1c2ccc(N(C3=NCC4C=CC=CC4=C3)c3cc4ccccc4cn3)cc2c(C(C)(C)C)c2cc(N(c3cc4c(cn3)CCC=C4)c3nccc4ccccc34)ccc12. The van der Waals surface area contributed by atoms with Crippen molar-refractivity contribution in [2.24, 2.45) is 10.9 Å². The fourth-order valence-electron chi connectivity index (χ4n) is 10.2. The van der Waals surface area contributed by atoms with Crippen LogP contribution in [-0.4, -0.2) is 27.3 Å². The molecule has 6 nitrogen and oxygen atoms in total. The summed E-state index contributed by atoms with van der Waals surface area (Å²) in [5, 5.41) is 9.41. The van der Waals surface area contributed by atoms with Gasteiger partial charge in [-0.1, -0.05) is 139 Å². The largest absolute Gasteiger partial charge is 0.279 e. The number of rotatable bonds is 5. The Morgan fingerprint density at radius 2 is 1.25 bits per heavy atom. The number of hydrogen-bond acceptors (Lipinski definition) is 6. The van der Waals surface area contributed by atoms with E-state index in [1.165, 1.54) is 49.4 Å². The number of aryl methyl sites for hydroxylation is 1. The normalized spacial score (nSPS) is 15.9. The van der Waals surface area contributed by atoms with E-state index < -0.39 is 0 Å². The first-order chi connectivity index (χ1) is 31.0. The number of aromatic nitrogens is 3. The molecule has 1 aliphatic heterocycles. The van der Waals surface area contributed by atoms with Crippen LogP contribution in [0.25, 0.3) is 49.2 Å². The van der Waals surface area contributed by atoms with Gasteiger partial charge in [0, 0.05) is 46.7 Å². The Morgan fingerprint density at radius 1 is 0.578 bits per heavy atom. The highest BCUT2D eigenvalue weighted by Gasteiger charge is 2.31. The lowest BCUT2D eigenvalue weighted by Gasteiger charge is -2.33. The molecule has 8 aromatic rings. The number of allylic oxidation sites excluding steroid dienone is 4. The Kier molecular flexibility index (Phi) is 9.46. The molecule has 0 fully saturated rings. The van der Waals surface area contributed by atoms with E-state index in [9.17, 15) is 0 Å². The van der Waals surface area contributed by atoms with Crippen LogP contribution >= 0.6 is 0 Å². The summed E-state index contributed by atoms with van der Waals surface area (Å²) < 4.78 is 0. The fourth-order valence-corrected chi connectivity index (χ4v) is 10.2. The first kappa shape index (κ1) is 39.7. The van der Waals surface area contributed by atoms with Crippen LogP contribution < -0.4 is 9.80 Å². The highest BCUT2D eigenvalue weighted by molar-refractivity contribution is 6.15. The second-order valence-electron chi connectivity index (χ2n) is 19.5. The predicted octanol–water partition coefficient (Wildman–Crippen LogP) is 14.7. The molecular weight excluding hydrogens is 781 g/mol. The second kappa shape index (κ2) is 15.3. The maximum atomic E-state index is 5.26. The minimum absolute atomic E-state index is 0.174. The Morgan fingerprint density at radius 3 is 2.02 bits per heavy atom. The van der Waals surface area contributed by atoms with Gasteiger partial charge < -0.3 is 0 Å². The lowest BCUT2D eigenvalue weighted by Crippen LogP contribution is -2.29. The van der Waals surface area contributed by atoms with Crippen LogP contribution in [0.3, 0.4) is 0 Å². The van der Waals surface area contributed by atoms with E-state index in [0.717, 1.165) is 69.1 Å². The van der Waals surface area contributed by atoms with Crippen molar-refractivity contribution in [2.45, 2.75) is 65.2 Å². The number of anilines is 5. The number of pyridine rings is 3. The molecule has 4 heterocycles. The summed E-state index contributed by atoms with van der Waals surface area (Å²) in [6, 6.07) is 37.5. The van der Waals surface area contributed by atoms with Crippen LogP contribution in [0.5, 0.6) is 0 Å². The molecule has 0 N–H and O–H groups in total. The van der Waals surface area contributed by atoms with Gasteiger partial charge in [0.25, 0.3) is 0 Å². The molecule has 11 rings (SSSR count). The standard InChI is InChI=1S/C58H52N6/c1-57(2,3)54-47-25-23-44(63(51-29-38-16-7-10-19-41(38)34-60-51)52-30-39-17-8-11-20-42(39)35-61-52)32-49(47)55(58(4,5)6)50-33-45(24-26-48(50)54)64(53-31-40-18-9-12-21-43(40)36-62-53)56-46-22-14-13-15-37(46)27-28-59-56/h7-11,13-20,22-34,36,42H,12,21,35H2,1-6H3. The van der Waals surface area contributed by atoms with Crippen molar-refractivity contribution >= 4 is 83.8 Å². The molecule has 1 unspecified atom stereocenters. The van der Waals surface area contributed by atoms with E-state index in [1.807, 2.05) is 12.4 Å². The predicted molar refractivity (Wildman–Crippen MR) is 270 cm³/mol. The smallest absolute Gasteiger partial charge is 0.146 e. The van der Waals surface area contributed by atoms with Crippen LogP contribution in [-0.2, 0) is 17.3 Å². The molecule has 0 spiro atoms. The van der Waals surface area contributed by atoms with Crippen molar-refractivity contribution < 1.29 is 0 Å². The van der Waals surface area contributed by atoms with Gasteiger partial charge in [0.2, 0.25) is 0 Å². The molecule has 0 radical (unpaired) electrons. The van der Waals surface area contributed by atoms with E-state index in [4.69, 9.17) is 19.9 Å². The summed E-state index contributed by atoms with van der Waals surface area (Å²) in [5.41, 5.74) is 7.97. The summed E-state index contributed by atoms with van der Waals surface area (Å²) in [6.07, 6.45) is 23.5. The van der Waals surface area contributed by atoms with E-state index in [2.05, 4.69) is 203 Å². The number of aliphatic imine (C=N–C) groups is 1. The molecule has 0 saturated heterocycles. The summed E-state index contributed by atoms with van der Waals surface area (Å²) in [7, 11) is 0.